The van der Waals surface area contributed by atoms with Crippen molar-refractivity contribution < 1.29 is 9.09 Å². The third-order valence-electron chi connectivity index (χ3n) is 6.00. The first kappa shape index (κ1) is 21.3. The van der Waals surface area contributed by atoms with E-state index < -0.39 is 7.52 Å². The molecule has 1 N–H and O–H groups in total. The topological polar surface area (TPSA) is 38.3 Å². The molecule has 0 aromatic heterocycles. The predicted molar refractivity (Wildman–Crippen MR) is 118 cm³/mol. The van der Waals surface area contributed by atoms with E-state index in [0.717, 1.165) is 23.7 Å². The molecule has 5 atom stereocenters. The van der Waals surface area contributed by atoms with Crippen LogP contribution >= 0.6 is 7.52 Å². The van der Waals surface area contributed by atoms with Crippen molar-refractivity contribution in [1.82, 2.24) is 5.09 Å². The first-order valence-electron chi connectivity index (χ1n) is 10.6. The molecule has 3 nitrogen and oxygen atoms in total. The second-order valence-electron chi connectivity index (χ2n) is 8.62. The van der Waals surface area contributed by atoms with Gasteiger partial charge in [0.25, 0.3) is 7.52 Å². The van der Waals surface area contributed by atoms with Gasteiger partial charge in [-0.1, -0.05) is 75.7 Å². The summed E-state index contributed by atoms with van der Waals surface area (Å²) in [5.41, 5.74) is 1.11. The first-order chi connectivity index (χ1) is 13.4. The SMILES string of the molecule is CC(C)[C@@H]1CC[C@@H](C)C[C@H]1O[P@@](=O)(N[C@@H](C)c1ccccc1)c1ccccc1. The number of hydrogen-bond donors (Lipinski definition) is 1. The Bertz CT molecular complexity index is 778. The average molecular weight is 400 g/mol. The summed E-state index contributed by atoms with van der Waals surface area (Å²) in [6.07, 6.45) is 3.37. The van der Waals surface area contributed by atoms with Gasteiger partial charge in [0.1, 0.15) is 0 Å². The number of hydrogen-bond acceptors (Lipinski definition) is 2. The van der Waals surface area contributed by atoms with E-state index in [-0.39, 0.29) is 12.1 Å². The van der Waals surface area contributed by atoms with Crippen LogP contribution in [0.2, 0.25) is 0 Å². The van der Waals surface area contributed by atoms with E-state index in [2.05, 4.69) is 44.9 Å². The van der Waals surface area contributed by atoms with Gasteiger partial charge in [0, 0.05) is 6.04 Å². The minimum absolute atomic E-state index is 0.0188. The summed E-state index contributed by atoms with van der Waals surface area (Å²) in [5.74, 6) is 1.58. The molecular weight excluding hydrogens is 365 g/mol. The first-order valence-corrected chi connectivity index (χ1v) is 12.2. The van der Waals surface area contributed by atoms with Gasteiger partial charge in [-0.25, -0.2) is 5.09 Å². The van der Waals surface area contributed by atoms with Crippen LogP contribution in [0.25, 0.3) is 0 Å². The normalized spacial score (nSPS) is 26.0. The molecule has 1 aliphatic carbocycles. The molecule has 1 fully saturated rings. The maximum Gasteiger partial charge on any atom is 0.300 e. The number of rotatable bonds is 7. The van der Waals surface area contributed by atoms with Crippen molar-refractivity contribution in [2.75, 3.05) is 0 Å². The molecule has 0 bridgehead atoms. The van der Waals surface area contributed by atoms with Crippen LogP contribution in [0.3, 0.4) is 0 Å². The Morgan fingerprint density at radius 2 is 1.57 bits per heavy atom. The highest BCUT2D eigenvalue weighted by Crippen LogP contribution is 2.49. The summed E-state index contributed by atoms with van der Waals surface area (Å²) >= 11 is 0. The number of benzene rings is 2. The molecule has 0 aliphatic heterocycles. The van der Waals surface area contributed by atoms with Crippen molar-refractivity contribution in [1.29, 1.82) is 0 Å². The standard InChI is InChI=1S/C24H34NO2P/c1-18(2)23-16-15-19(3)17-24(23)27-28(26,22-13-9-6-10-14-22)25-20(4)21-11-7-5-8-12-21/h5-14,18-20,23-24H,15-17H2,1-4H3,(H,25,26)/t19-,20+,23+,24-,28-/m1/s1. The van der Waals surface area contributed by atoms with Crippen LogP contribution in [0, 0.1) is 17.8 Å². The molecule has 0 unspecified atom stereocenters. The molecule has 0 saturated heterocycles. The van der Waals surface area contributed by atoms with Gasteiger partial charge in [0.05, 0.1) is 11.4 Å². The molecule has 152 valence electrons. The van der Waals surface area contributed by atoms with Crippen LogP contribution in [0.5, 0.6) is 0 Å². The van der Waals surface area contributed by atoms with Crippen LogP contribution in [-0.2, 0) is 9.09 Å². The fourth-order valence-electron chi connectivity index (χ4n) is 4.29. The van der Waals surface area contributed by atoms with Gasteiger partial charge in [-0.2, -0.15) is 0 Å². The summed E-state index contributed by atoms with van der Waals surface area (Å²) in [4.78, 5) is 0. The lowest BCUT2D eigenvalue weighted by Crippen LogP contribution is -2.36. The van der Waals surface area contributed by atoms with E-state index in [1.807, 2.05) is 48.5 Å². The minimum Gasteiger partial charge on any atom is -0.311 e. The summed E-state index contributed by atoms with van der Waals surface area (Å²) in [6.45, 7) is 8.84. The van der Waals surface area contributed by atoms with Crippen LogP contribution in [-0.4, -0.2) is 6.10 Å². The van der Waals surface area contributed by atoms with E-state index in [9.17, 15) is 4.57 Å². The Kier molecular flexibility index (Phi) is 7.15. The van der Waals surface area contributed by atoms with Crippen molar-refractivity contribution in [2.24, 2.45) is 17.8 Å². The molecule has 4 heteroatoms. The summed E-state index contributed by atoms with van der Waals surface area (Å²) in [6, 6.07) is 19.7. The fraction of sp³-hybridized carbons (Fsp3) is 0.500. The fourth-order valence-corrected chi connectivity index (χ4v) is 6.47. The van der Waals surface area contributed by atoms with Crippen LogP contribution in [0.15, 0.2) is 60.7 Å². The maximum atomic E-state index is 14.2. The Labute approximate surface area is 170 Å². The average Bonchev–Trinajstić information content (AvgIpc) is 2.69. The third-order valence-corrected chi connectivity index (χ3v) is 8.28. The van der Waals surface area contributed by atoms with Gasteiger partial charge in [0.2, 0.25) is 0 Å². The highest BCUT2D eigenvalue weighted by atomic mass is 31.2. The van der Waals surface area contributed by atoms with Crippen molar-refractivity contribution in [3.63, 3.8) is 0 Å². The van der Waals surface area contributed by atoms with E-state index >= 15 is 0 Å². The lowest BCUT2D eigenvalue weighted by Gasteiger charge is -2.39. The van der Waals surface area contributed by atoms with Crippen LogP contribution in [0.4, 0.5) is 0 Å². The molecule has 0 heterocycles. The summed E-state index contributed by atoms with van der Waals surface area (Å²) in [7, 11) is -3.22. The maximum absolute atomic E-state index is 14.2. The van der Waals surface area contributed by atoms with Crippen LogP contribution in [0.1, 0.15) is 58.6 Å². The molecule has 2 aromatic carbocycles. The van der Waals surface area contributed by atoms with Crippen molar-refractivity contribution in [2.45, 2.75) is 59.1 Å². The van der Waals surface area contributed by atoms with Gasteiger partial charge in [-0.05, 0) is 55.2 Å². The largest absolute Gasteiger partial charge is 0.311 e. The molecule has 3 rings (SSSR count). The molecule has 0 radical (unpaired) electrons. The zero-order valence-electron chi connectivity index (χ0n) is 17.5. The van der Waals surface area contributed by atoms with E-state index in [0.29, 0.717) is 17.8 Å². The van der Waals surface area contributed by atoms with Gasteiger partial charge in [0.15, 0.2) is 0 Å². The molecule has 0 spiro atoms. The zero-order valence-corrected chi connectivity index (χ0v) is 18.4. The minimum atomic E-state index is -3.22. The van der Waals surface area contributed by atoms with Crippen molar-refractivity contribution >= 4 is 12.8 Å². The van der Waals surface area contributed by atoms with Crippen LogP contribution < -0.4 is 10.4 Å². The molecular formula is C24H34NO2P. The quantitative estimate of drug-likeness (QED) is 0.553. The Morgan fingerprint density at radius 1 is 0.964 bits per heavy atom. The highest BCUT2D eigenvalue weighted by molar-refractivity contribution is 7.65. The second-order valence-corrected chi connectivity index (χ2v) is 10.7. The van der Waals surface area contributed by atoms with Gasteiger partial charge in [-0.3, -0.25) is 4.57 Å². The molecule has 0 amide bonds. The van der Waals surface area contributed by atoms with E-state index in [1.54, 1.807) is 0 Å². The number of nitrogens with one attached hydrogen (secondary N) is 1. The summed E-state index contributed by atoms with van der Waals surface area (Å²) in [5, 5.41) is 4.13. The van der Waals surface area contributed by atoms with Crippen molar-refractivity contribution in [3.8, 4) is 0 Å². The van der Waals surface area contributed by atoms with Gasteiger partial charge >= 0.3 is 0 Å². The zero-order chi connectivity index (χ0) is 20.1. The Morgan fingerprint density at radius 3 is 2.18 bits per heavy atom. The second kappa shape index (κ2) is 9.39. The molecule has 2 aromatic rings. The summed E-state index contributed by atoms with van der Waals surface area (Å²) < 4.78 is 20.8. The van der Waals surface area contributed by atoms with Gasteiger partial charge < -0.3 is 4.52 Å². The highest BCUT2D eigenvalue weighted by Gasteiger charge is 2.38. The Balaban J connectivity index is 1.89. The Hall–Kier alpha value is -1.41. The predicted octanol–water partition coefficient (Wildman–Crippen LogP) is 6.33. The van der Waals surface area contributed by atoms with Gasteiger partial charge in [-0.15, -0.1) is 0 Å². The molecule has 28 heavy (non-hydrogen) atoms. The third kappa shape index (κ3) is 5.14. The molecule has 1 saturated carbocycles. The van der Waals surface area contributed by atoms with E-state index in [1.165, 1.54) is 6.42 Å². The van der Waals surface area contributed by atoms with E-state index in [4.69, 9.17) is 4.52 Å². The van der Waals surface area contributed by atoms with Crippen molar-refractivity contribution in [3.05, 3.63) is 66.2 Å². The lowest BCUT2D eigenvalue weighted by atomic mass is 9.75. The lowest BCUT2D eigenvalue weighted by molar-refractivity contribution is 0.0479. The monoisotopic (exact) mass is 399 g/mol. The smallest absolute Gasteiger partial charge is 0.300 e. The molecule has 1 aliphatic rings.